The number of nitrogen functional groups attached to an aromatic ring is 1. The van der Waals surface area contributed by atoms with Crippen LogP contribution in [-0.4, -0.2) is 47.4 Å². The number of nitrogens with two attached hydrogens (primary N) is 2. The molecule has 0 spiro atoms. The third-order valence-corrected chi connectivity index (χ3v) is 6.97. The van der Waals surface area contributed by atoms with Gasteiger partial charge in [0.15, 0.2) is 0 Å². The molecule has 3 aliphatic rings. The molecule has 1 saturated carbocycles. The number of nitrogens with zero attached hydrogens (tertiary/aromatic N) is 2. The fourth-order valence-corrected chi connectivity index (χ4v) is 5.27. The highest BCUT2D eigenvalue weighted by molar-refractivity contribution is 5.82. The third-order valence-electron chi connectivity index (χ3n) is 6.97. The van der Waals surface area contributed by atoms with Crippen molar-refractivity contribution in [1.82, 2.24) is 15.3 Å². The number of carbonyl (C=O) groups is 1. The molecule has 9 nitrogen and oxygen atoms in total. The molecular formula is C24H32N6O3. The highest BCUT2D eigenvalue weighted by Crippen LogP contribution is 2.48. The highest BCUT2D eigenvalue weighted by Gasteiger charge is 2.37. The maximum absolute atomic E-state index is 11.5. The summed E-state index contributed by atoms with van der Waals surface area (Å²) in [5, 5.41) is 6.25. The Kier molecular flexibility index (Phi) is 5.52. The molecule has 1 aliphatic heterocycles. The molecule has 176 valence electrons. The zero-order valence-corrected chi connectivity index (χ0v) is 19.2. The fraction of sp³-hybridized carbons (Fsp3) is 0.542. The predicted octanol–water partition coefficient (Wildman–Crippen LogP) is 2.73. The van der Waals surface area contributed by atoms with Gasteiger partial charge in [-0.15, -0.1) is 0 Å². The Labute approximate surface area is 193 Å². The largest absolute Gasteiger partial charge is 0.488 e. The summed E-state index contributed by atoms with van der Waals surface area (Å²) >= 11 is 0. The summed E-state index contributed by atoms with van der Waals surface area (Å²) in [5.74, 6) is 1.33. The lowest BCUT2D eigenvalue weighted by Crippen LogP contribution is -2.32. The van der Waals surface area contributed by atoms with E-state index in [9.17, 15) is 4.79 Å². The van der Waals surface area contributed by atoms with E-state index in [0.29, 0.717) is 18.9 Å². The first-order valence-electron chi connectivity index (χ1n) is 11.7. The molecule has 2 fully saturated rings. The van der Waals surface area contributed by atoms with Gasteiger partial charge in [0.05, 0.1) is 30.6 Å². The van der Waals surface area contributed by atoms with Crippen LogP contribution in [0, 0.1) is 0 Å². The van der Waals surface area contributed by atoms with Gasteiger partial charge in [0.2, 0.25) is 0 Å². The Morgan fingerprint density at radius 2 is 2.03 bits per heavy atom. The van der Waals surface area contributed by atoms with Gasteiger partial charge in [0, 0.05) is 17.2 Å². The first kappa shape index (κ1) is 21.8. The molecule has 1 aromatic heterocycles. The van der Waals surface area contributed by atoms with E-state index >= 15 is 0 Å². The van der Waals surface area contributed by atoms with Crippen molar-refractivity contribution in [3.8, 4) is 17.0 Å². The maximum atomic E-state index is 11.5. The van der Waals surface area contributed by atoms with Gasteiger partial charge < -0.3 is 31.6 Å². The normalized spacial score (nSPS) is 25.4. The van der Waals surface area contributed by atoms with Gasteiger partial charge >= 0.3 is 6.09 Å². The van der Waals surface area contributed by atoms with Gasteiger partial charge in [-0.3, -0.25) is 0 Å². The zero-order chi connectivity index (χ0) is 23.2. The second-order valence-corrected chi connectivity index (χ2v) is 9.95. The van der Waals surface area contributed by atoms with Gasteiger partial charge in [0.1, 0.15) is 24.0 Å². The Morgan fingerprint density at radius 3 is 2.76 bits per heavy atom. The molecule has 2 heterocycles. The molecule has 0 radical (unpaired) electrons. The predicted molar refractivity (Wildman–Crippen MR) is 126 cm³/mol. The lowest BCUT2D eigenvalue weighted by molar-refractivity contribution is 0.144. The molecule has 6 N–H and O–H groups in total. The van der Waals surface area contributed by atoms with Crippen LogP contribution in [0.5, 0.6) is 5.75 Å². The minimum absolute atomic E-state index is 0.135. The molecule has 1 amide bonds. The molecule has 2 aromatic rings. The number of ether oxygens (including phenoxy) is 2. The van der Waals surface area contributed by atoms with Crippen molar-refractivity contribution in [2.24, 2.45) is 5.73 Å². The number of alkyl carbamates (subject to hydrolysis) is 1. The number of benzene rings is 1. The molecule has 1 aromatic carbocycles. The zero-order valence-electron chi connectivity index (χ0n) is 19.2. The first-order valence-corrected chi connectivity index (χ1v) is 11.7. The van der Waals surface area contributed by atoms with E-state index in [2.05, 4.69) is 40.5 Å². The van der Waals surface area contributed by atoms with E-state index in [4.69, 9.17) is 20.9 Å². The van der Waals surface area contributed by atoms with Crippen molar-refractivity contribution in [3.05, 3.63) is 29.6 Å². The molecule has 2 aliphatic carbocycles. The minimum atomic E-state index is -0.380. The van der Waals surface area contributed by atoms with E-state index in [1.165, 1.54) is 6.33 Å². The topological polar surface area (TPSA) is 137 Å². The van der Waals surface area contributed by atoms with Gasteiger partial charge in [0.25, 0.3) is 0 Å². The third kappa shape index (κ3) is 4.17. The molecule has 0 bridgehead atoms. The van der Waals surface area contributed by atoms with E-state index in [1.807, 2.05) is 6.07 Å². The number of fused-ring (bicyclic) bond motifs is 3. The van der Waals surface area contributed by atoms with Crippen LogP contribution in [0.2, 0.25) is 0 Å². The summed E-state index contributed by atoms with van der Waals surface area (Å²) < 4.78 is 11.9. The van der Waals surface area contributed by atoms with Crippen molar-refractivity contribution in [2.45, 2.75) is 69.6 Å². The van der Waals surface area contributed by atoms with E-state index < -0.39 is 0 Å². The van der Waals surface area contributed by atoms with Gasteiger partial charge in [-0.1, -0.05) is 13.8 Å². The average molecular weight is 453 g/mol. The van der Waals surface area contributed by atoms with Crippen molar-refractivity contribution in [3.63, 3.8) is 0 Å². The summed E-state index contributed by atoms with van der Waals surface area (Å²) in [6.07, 6.45) is 5.62. The van der Waals surface area contributed by atoms with Gasteiger partial charge in [-0.25, -0.2) is 14.8 Å². The number of aromatic nitrogens is 2. The Balaban J connectivity index is 1.53. The summed E-state index contributed by atoms with van der Waals surface area (Å²) in [6, 6.07) is 4.34. The molecule has 0 unspecified atom stereocenters. The van der Waals surface area contributed by atoms with Gasteiger partial charge in [-0.05, 0) is 55.2 Å². The number of hydrogen-bond donors (Lipinski definition) is 4. The van der Waals surface area contributed by atoms with Crippen molar-refractivity contribution in [1.29, 1.82) is 0 Å². The van der Waals surface area contributed by atoms with E-state index in [1.54, 1.807) is 0 Å². The molecule has 33 heavy (non-hydrogen) atoms. The van der Waals surface area contributed by atoms with Crippen LogP contribution in [0.1, 0.15) is 50.7 Å². The van der Waals surface area contributed by atoms with Crippen LogP contribution in [0.4, 0.5) is 16.3 Å². The Bertz CT molecular complexity index is 1060. The van der Waals surface area contributed by atoms with E-state index in [0.717, 1.165) is 65.9 Å². The van der Waals surface area contributed by atoms with Crippen LogP contribution >= 0.6 is 0 Å². The molecule has 9 heteroatoms. The Morgan fingerprint density at radius 1 is 1.24 bits per heavy atom. The van der Waals surface area contributed by atoms with Crippen molar-refractivity contribution < 1.29 is 14.3 Å². The first-order chi connectivity index (χ1) is 15.8. The second-order valence-electron chi connectivity index (χ2n) is 9.95. The lowest BCUT2D eigenvalue weighted by atomic mass is 9.71. The Hall–Kier alpha value is -3.07. The number of carbonyl (C=O) groups excluding carboxylic acids is 1. The van der Waals surface area contributed by atoms with Crippen LogP contribution < -0.4 is 26.8 Å². The fourth-order valence-electron chi connectivity index (χ4n) is 5.27. The van der Waals surface area contributed by atoms with Crippen molar-refractivity contribution >= 4 is 17.6 Å². The number of cyclic esters (lactones) is 1. The van der Waals surface area contributed by atoms with Crippen LogP contribution in [0.15, 0.2) is 18.5 Å². The smallest absolute Gasteiger partial charge is 0.407 e. The SMILES string of the molecule is CC1(C)Cc2c(ccc(O[C@H]3CC[C@H](N)CC3)c2NC[C@@H]2CNC(=O)O2)-c2ncnc(N)c21. The van der Waals surface area contributed by atoms with Gasteiger partial charge in [-0.2, -0.15) is 0 Å². The van der Waals surface area contributed by atoms with Crippen LogP contribution in [0.3, 0.4) is 0 Å². The van der Waals surface area contributed by atoms with Crippen LogP contribution in [-0.2, 0) is 16.6 Å². The molecule has 1 saturated heterocycles. The lowest BCUT2D eigenvalue weighted by Gasteiger charge is -2.36. The standard InChI is InChI=1S/C24H32N6O3/c1-24(2)9-17-16(21-19(24)22(26)30-12-29-21)7-8-18(32-14-5-3-13(25)4-6-14)20(17)27-10-15-11-28-23(31)33-15/h7-8,12-15,27H,3-6,9-11,25H2,1-2H3,(H,28,31)(H2,26,29,30)/t13-,14-,15-/m1/s1. The summed E-state index contributed by atoms with van der Waals surface area (Å²) in [6.45, 7) is 5.30. The highest BCUT2D eigenvalue weighted by atomic mass is 16.6. The van der Waals surface area contributed by atoms with Crippen LogP contribution in [0.25, 0.3) is 11.3 Å². The minimum Gasteiger partial charge on any atom is -0.488 e. The molecular weight excluding hydrogens is 420 g/mol. The number of nitrogens with one attached hydrogen (secondary N) is 2. The number of rotatable bonds is 5. The number of hydrogen-bond acceptors (Lipinski definition) is 8. The molecule has 1 atom stereocenters. The van der Waals surface area contributed by atoms with E-state index in [-0.39, 0.29) is 29.8 Å². The molecule has 5 rings (SSSR count). The second kappa shape index (κ2) is 8.37. The average Bonchev–Trinajstić information content (AvgIpc) is 3.19. The number of anilines is 2. The van der Waals surface area contributed by atoms with Crippen molar-refractivity contribution in [2.75, 3.05) is 24.1 Å². The quantitative estimate of drug-likeness (QED) is 0.543. The monoisotopic (exact) mass is 452 g/mol. The summed E-state index contributed by atoms with van der Waals surface area (Å²) in [4.78, 5) is 20.3. The maximum Gasteiger partial charge on any atom is 0.407 e. The summed E-state index contributed by atoms with van der Waals surface area (Å²) in [7, 11) is 0. The summed E-state index contributed by atoms with van der Waals surface area (Å²) in [5.41, 5.74) is 17.0. The number of amides is 1.